The number of hydrogen-bond donors (Lipinski definition) is 1. The minimum Gasteiger partial charge on any atom is -0.326 e. The average molecular weight is 202 g/mol. The van der Waals surface area contributed by atoms with Gasteiger partial charge in [0.1, 0.15) is 0 Å². The smallest absolute Gasteiger partial charge is 0.196 e. The molecular weight excluding hydrogens is 194 g/mol. The molecule has 0 atom stereocenters. The first-order valence-corrected chi connectivity index (χ1v) is 3.71. The Morgan fingerprint density at radius 3 is 2.90 bits per heavy atom. The zero-order valence-electron chi connectivity index (χ0n) is 5.63. The minimum atomic E-state index is 0.499. The highest BCUT2D eigenvalue weighted by Crippen LogP contribution is 2.06. The fourth-order valence-corrected chi connectivity index (χ4v) is 1.03. The molecule has 0 aromatic carbocycles. The zero-order valence-corrected chi connectivity index (χ0v) is 7.22. The summed E-state index contributed by atoms with van der Waals surface area (Å²) in [4.78, 5) is 8.01. The first kappa shape index (κ1) is 7.63. The van der Waals surface area contributed by atoms with Crippen LogP contribution < -0.4 is 5.73 Å². The number of nitrogens with zero attached hydrogens (tertiary/aromatic N) is 2. The van der Waals surface area contributed by atoms with Crippen LogP contribution in [0.3, 0.4) is 0 Å². The van der Waals surface area contributed by atoms with E-state index in [0.717, 1.165) is 11.3 Å². The molecule has 0 aliphatic carbocycles. The first-order valence-electron chi connectivity index (χ1n) is 2.92. The van der Waals surface area contributed by atoms with Crippen LogP contribution >= 0.6 is 15.9 Å². The fourth-order valence-electron chi connectivity index (χ4n) is 0.664. The van der Waals surface area contributed by atoms with Gasteiger partial charge in [-0.3, -0.25) is 0 Å². The molecule has 1 heterocycles. The van der Waals surface area contributed by atoms with Gasteiger partial charge in [-0.25, -0.2) is 9.97 Å². The van der Waals surface area contributed by atoms with Crippen LogP contribution in [0.15, 0.2) is 10.9 Å². The van der Waals surface area contributed by atoms with E-state index in [1.165, 1.54) is 0 Å². The Bertz CT molecular complexity index is 236. The van der Waals surface area contributed by atoms with Crippen molar-refractivity contribution in [3.05, 3.63) is 22.2 Å². The third-order valence-corrected chi connectivity index (χ3v) is 1.65. The molecule has 54 valence electrons. The van der Waals surface area contributed by atoms with Crippen molar-refractivity contribution < 1.29 is 0 Å². The van der Waals surface area contributed by atoms with Gasteiger partial charge < -0.3 is 5.73 Å². The number of aryl methyl sites for hydroxylation is 1. The summed E-state index contributed by atoms with van der Waals surface area (Å²) in [6, 6.07) is 0. The average Bonchev–Trinajstić information content (AvgIpc) is 1.88. The summed E-state index contributed by atoms with van der Waals surface area (Å²) in [6.45, 7) is 2.41. The van der Waals surface area contributed by atoms with Gasteiger partial charge in [0, 0.05) is 24.0 Å². The Labute approximate surface area is 67.8 Å². The molecule has 0 fully saturated rings. The predicted molar refractivity (Wildman–Crippen MR) is 42.4 cm³/mol. The van der Waals surface area contributed by atoms with E-state index in [1.54, 1.807) is 6.20 Å². The van der Waals surface area contributed by atoms with Gasteiger partial charge in [0.2, 0.25) is 0 Å². The van der Waals surface area contributed by atoms with Gasteiger partial charge in [0.25, 0.3) is 0 Å². The van der Waals surface area contributed by atoms with E-state index in [2.05, 4.69) is 25.9 Å². The summed E-state index contributed by atoms with van der Waals surface area (Å²) >= 11 is 3.16. The Morgan fingerprint density at radius 1 is 1.70 bits per heavy atom. The van der Waals surface area contributed by atoms with E-state index < -0.39 is 0 Å². The number of rotatable bonds is 1. The lowest BCUT2D eigenvalue weighted by atomic mass is 10.2. The van der Waals surface area contributed by atoms with Gasteiger partial charge in [0.05, 0.1) is 0 Å². The standard InChI is InChI=1S/C6H8BrN3/c1-4-5(2-8)3-9-6(7)10-4/h3H,2,8H2,1H3. The normalized spacial score (nSPS) is 9.90. The first-order chi connectivity index (χ1) is 4.74. The molecule has 0 unspecified atom stereocenters. The van der Waals surface area contributed by atoms with E-state index in [1.807, 2.05) is 6.92 Å². The van der Waals surface area contributed by atoms with Crippen LogP contribution in [0.4, 0.5) is 0 Å². The molecule has 1 aromatic heterocycles. The lowest BCUT2D eigenvalue weighted by Gasteiger charge is -1.99. The minimum absolute atomic E-state index is 0.499. The Morgan fingerprint density at radius 2 is 2.40 bits per heavy atom. The number of halogens is 1. The van der Waals surface area contributed by atoms with Crippen LogP contribution in [0.25, 0.3) is 0 Å². The lowest BCUT2D eigenvalue weighted by molar-refractivity contribution is 0.948. The monoisotopic (exact) mass is 201 g/mol. The second-order valence-electron chi connectivity index (χ2n) is 1.95. The third-order valence-electron chi connectivity index (χ3n) is 1.27. The van der Waals surface area contributed by atoms with E-state index in [-0.39, 0.29) is 0 Å². The van der Waals surface area contributed by atoms with Gasteiger partial charge in [-0.1, -0.05) is 0 Å². The van der Waals surface area contributed by atoms with E-state index in [9.17, 15) is 0 Å². The van der Waals surface area contributed by atoms with E-state index in [4.69, 9.17) is 5.73 Å². The maximum atomic E-state index is 5.41. The van der Waals surface area contributed by atoms with E-state index in [0.29, 0.717) is 11.3 Å². The number of hydrogen-bond acceptors (Lipinski definition) is 3. The summed E-state index contributed by atoms with van der Waals surface area (Å²) < 4.78 is 0.613. The molecule has 0 saturated carbocycles. The van der Waals surface area contributed by atoms with Crippen molar-refractivity contribution in [1.29, 1.82) is 0 Å². The Kier molecular flexibility index (Phi) is 2.34. The van der Waals surface area contributed by atoms with E-state index >= 15 is 0 Å². The quantitative estimate of drug-likeness (QED) is 0.691. The van der Waals surface area contributed by atoms with Gasteiger partial charge in [-0.2, -0.15) is 0 Å². The number of nitrogens with two attached hydrogens (primary N) is 1. The highest BCUT2D eigenvalue weighted by atomic mass is 79.9. The SMILES string of the molecule is Cc1nc(Br)ncc1CN. The highest BCUT2D eigenvalue weighted by molar-refractivity contribution is 9.10. The van der Waals surface area contributed by atoms with Crippen molar-refractivity contribution >= 4 is 15.9 Å². The molecule has 0 amide bonds. The molecule has 0 radical (unpaired) electrons. The summed E-state index contributed by atoms with van der Waals surface area (Å²) in [5, 5.41) is 0. The topological polar surface area (TPSA) is 51.8 Å². The molecule has 2 N–H and O–H groups in total. The molecule has 3 nitrogen and oxygen atoms in total. The van der Waals surface area contributed by atoms with Gasteiger partial charge in [-0.05, 0) is 22.9 Å². The lowest BCUT2D eigenvalue weighted by Crippen LogP contribution is -2.01. The van der Waals surface area contributed by atoms with Crippen molar-refractivity contribution in [3.63, 3.8) is 0 Å². The van der Waals surface area contributed by atoms with Gasteiger partial charge in [0.15, 0.2) is 4.73 Å². The second-order valence-corrected chi connectivity index (χ2v) is 2.66. The Hall–Kier alpha value is -0.480. The van der Waals surface area contributed by atoms with Gasteiger partial charge >= 0.3 is 0 Å². The molecule has 0 bridgehead atoms. The maximum absolute atomic E-state index is 5.41. The molecule has 1 rings (SSSR count). The van der Waals surface area contributed by atoms with Crippen LogP contribution in [0.1, 0.15) is 11.3 Å². The Balaban J connectivity index is 3.07. The summed E-state index contributed by atoms with van der Waals surface area (Å²) in [5.74, 6) is 0. The molecular formula is C6H8BrN3. The highest BCUT2D eigenvalue weighted by Gasteiger charge is 1.97. The molecule has 0 aliphatic rings. The third kappa shape index (κ3) is 1.52. The molecule has 1 aromatic rings. The van der Waals surface area contributed by atoms with Crippen LogP contribution in [0.5, 0.6) is 0 Å². The molecule has 0 spiro atoms. The van der Waals surface area contributed by atoms with Gasteiger partial charge in [-0.15, -0.1) is 0 Å². The van der Waals surface area contributed by atoms with Crippen molar-refractivity contribution in [2.24, 2.45) is 5.73 Å². The maximum Gasteiger partial charge on any atom is 0.196 e. The summed E-state index contributed by atoms with van der Waals surface area (Å²) in [5.41, 5.74) is 7.33. The summed E-state index contributed by atoms with van der Waals surface area (Å²) in [6.07, 6.45) is 1.73. The van der Waals surface area contributed by atoms with Crippen molar-refractivity contribution in [1.82, 2.24) is 9.97 Å². The fraction of sp³-hybridized carbons (Fsp3) is 0.333. The predicted octanol–water partition coefficient (Wildman–Crippen LogP) is 1.01. The van der Waals surface area contributed by atoms with Crippen LogP contribution in [-0.2, 0) is 6.54 Å². The van der Waals surface area contributed by atoms with Crippen LogP contribution in [0, 0.1) is 6.92 Å². The van der Waals surface area contributed by atoms with Crippen LogP contribution in [0.2, 0.25) is 0 Å². The molecule has 4 heteroatoms. The van der Waals surface area contributed by atoms with Crippen molar-refractivity contribution in [2.45, 2.75) is 13.5 Å². The largest absolute Gasteiger partial charge is 0.326 e. The zero-order chi connectivity index (χ0) is 7.56. The molecule has 0 aliphatic heterocycles. The van der Waals surface area contributed by atoms with Crippen LogP contribution in [-0.4, -0.2) is 9.97 Å². The number of aromatic nitrogens is 2. The summed E-state index contributed by atoms with van der Waals surface area (Å²) in [7, 11) is 0. The molecule has 10 heavy (non-hydrogen) atoms. The second kappa shape index (κ2) is 3.07. The molecule has 0 saturated heterocycles. The van der Waals surface area contributed by atoms with Crippen molar-refractivity contribution in [2.75, 3.05) is 0 Å². The van der Waals surface area contributed by atoms with Crippen molar-refractivity contribution in [3.8, 4) is 0 Å².